The Morgan fingerprint density at radius 3 is 2.10 bits per heavy atom. The van der Waals surface area contributed by atoms with Gasteiger partial charge in [0, 0.05) is 12.0 Å². The summed E-state index contributed by atoms with van der Waals surface area (Å²) < 4.78 is 0. The summed E-state index contributed by atoms with van der Waals surface area (Å²) in [6.07, 6.45) is 1.40. The average Bonchev–Trinajstić information content (AvgIpc) is 2.43. The van der Waals surface area contributed by atoms with Crippen molar-refractivity contribution in [2.24, 2.45) is 0 Å². The summed E-state index contributed by atoms with van der Waals surface area (Å²) in [6, 6.07) is 10.5. The molecule has 0 heterocycles. The quantitative estimate of drug-likeness (QED) is 0.790. The Kier molecular flexibility index (Phi) is 6.66. The fraction of sp³-hybridized carbons (Fsp3) is 0.647. The van der Waals surface area contributed by atoms with Crippen molar-refractivity contribution in [1.29, 1.82) is 0 Å². The highest BCUT2D eigenvalue weighted by Crippen LogP contribution is 2.34. The second-order valence-corrected chi connectivity index (χ2v) is 6.24. The maximum absolute atomic E-state index is 10.7. The number of hydrogen-bond donors (Lipinski definition) is 1. The van der Waals surface area contributed by atoms with E-state index in [1.807, 2.05) is 6.07 Å². The Labute approximate surface area is 124 Å². The van der Waals surface area contributed by atoms with E-state index in [-0.39, 0.29) is 11.5 Å². The van der Waals surface area contributed by atoms with Gasteiger partial charge in [-0.15, -0.1) is 0 Å². The van der Waals surface area contributed by atoms with Crippen molar-refractivity contribution in [3.8, 4) is 0 Å². The number of aliphatic hydroxyl groups is 1. The van der Waals surface area contributed by atoms with Crippen LogP contribution in [0, 0.1) is 0 Å². The van der Waals surface area contributed by atoms with Gasteiger partial charge in [0.05, 0.1) is 6.10 Å². The maximum atomic E-state index is 10.7. The molecule has 0 bridgehead atoms. The van der Waals surface area contributed by atoms with Crippen molar-refractivity contribution in [3.63, 3.8) is 0 Å². The number of benzene rings is 1. The zero-order valence-corrected chi connectivity index (χ0v) is 13.6. The topological polar surface area (TPSA) is 26.7 Å². The van der Waals surface area contributed by atoms with E-state index in [1.54, 1.807) is 0 Å². The van der Waals surface area contributed by atoms with Crippen LogP contribution < -0.4 is 0 Å². The third-order valence-electron chi connectivity index (χ3n) is 3.98. The third kappa shape index (κ3) is 4.30. The van der Waals surface area contributed by atoms with Crippen LogP contribution in [-0.4, -0.2) is 62.3 Å². The third-order valence-corrected chi connectivity index (χ3v) is 3.98. The first-order valence-corrected chi connectivity index (χ1v) is 7.45. The summed E-state index contributed by atoms with van der Waals surface area (Å²) in [5.74, 6) is 0. The first-order chi connectivity index (χ1) is 9.42. The van der Waals surface area contributed by atoms with Crippen molar-refractivity contribution >= 4 is 0 Å². The molecule has 0 aliphatic heterocycles. The Bertz CT molecular complexity index is 378. The van der Waals surface area contributed by atoms with Gasteiger partial charge in [-0.05, 0) is 53.1 Å². The molecule has 0 radical (unpaired) electrons. The molecule has 0 aliphatic carbocycles. The van der Waals surface area contributed by atoms with E-state index >= 15 is 0 Å². The summed E-state index contributed by atoms with van der Waals surface area (Å²) in [5, 5.41) is 10.7. The first-order valence-electron chi connectivity index (χ1n) is 7.45. The molecule has 0 saturated heterocycles. The van der Waals surface area contributed by atoms with E-state index in [2.05, 4.69) is 69.2 Å². The molecular formula is C17H30N2O. The number of likely N-dealkylation sites (N-methyl/N-ethyl adjacent to an activating group) is 1. The van der Waals surface area contributed by atoms with Gasteiger partial charge in [0.25, 0.3) is 0 Å². The molecule has 0 aromatic heterocycles. The van der Waals surface area contributed by atoms with Gasteiger partial charge in [-0.3, -0.25) is 0 Å². The minimum Gasteiger partial charge on any atom is -0.392 e. The highest BCUT2D eigenvalue weighted by Gasteiger charge is 2.38. The normalized spacial score (nSPS) is 16.4. The van der Waals surface area contributed by atoms with Gasteiger partial charge >= 0.3 is 0 Å². The lowest BCUT2D eigenvalue weighted by molar-refractivity contribution is 0.0478. The van der Waals surface area contributed by atoms with E-state index in [1.165, 1.54) is 5.56 Å². The molecular weight excluding hydrogens is 248 g/mol. The molecule has 0 fully saturated rings. The van der Waals surface area contributed by atoms with E-state index < -0.39 is 0 Å². The Hall–Kier alpha value is -0.900. The molecule has 1 N–H and O–H groups in total. The lowest BCUT2D eigenvalue weighted by atomic mass is 9.71. The lowest BCUT2D eigenvalue weighted by Crippen LogP contribution is -2.48. The van der Waals surface area contributed by atoms with Crippen LogP contribution in [0.3, 0.4) is 0 Å². The monoisotopic (exact) mass is 278 g/mol. The van der Waals surface area contributed by atoms with Crippen LogP contribution in [0.15, 0.2) is 30.3 Å². The minimum atomic E-state index is -0.327. The summed E-state index contributed by atoms with van der Waals surface area (Å²) >= 11 is 0. The van der Waals surface area contributed by atoms with Gasteiger partial charge in [0.15, 0.2) is 0 Å². The maximum Gasteiger partial charge on any atom is 0.0647 e. The predicted molar refractivity (Wildman–Crippen MR) is 86.1 cm³/mol. The molecule has 1 rings (SSSR count). The van der Waals surface area contributed by atoms with Gasteiger partial charge in [0.1, 0.15) is 0 Å². The van der Waals surface area contributed by atoms with Crippen molar-refractivity contribution < 1.29 is 5.11 Å². The summed E-state index contributed by atoms with van der Waals surface area (Å²) in [4.78, 5) is 4.37. The van der Waals surface area contributed by atoms with Crippen molar-refractivity contribution in [1.82, 2.24) is 9.80 Å². The van der Waals surface area contributed by atoms with Gasteiger partial charge in [-0.1, -0.05) is 37.3 Å². The predicted octanol–water partition coefficient (Wildman–Crippen LogP) is 2.21. The van der Waals surface area contributed by atoms with Crippen LogP contribution in [0.5, 0.6) is 0 Å². The average molecular weight is 278 g/mol. The molecule has 0 saturated carbocycles. The van der Waals surface area contributed by atoms with Crippen LogP contribution in [0.2, 0.25) is 0 Å². The fourth-order valence-corrected chi connectivity index (χ4v) is 2.93. The van der Waals surface area contributed by atoms with Gasteiger partial charge < -0.3 is 14.9 Å². The Morgan fingerprint density at radius 2 is 1.65 bits per heavy atom. The summed E-state index contributed by atoms with van der Waals surface area (Å²) in [6.45, 7) is 3.90. The van der Waals surface area contributed by atoms with Gasteiger partial charge in [0.2, 0.25) is 0 Å². The summed E-state index contributed by atoms with van der Waals surface area (Å²) in [7, 11) is 8.33. The second-order valence-electron chi connectivity index (χ2n) is 6.24. The number of rotatable bonds is 8. The lowest BCUT2D eigenvalue weighted by Gasteiger charge is -2.41. The molecule has 0 unspecified atom stereocenters. The minimum absolute atomic E-state index is 0.205. The van der Waals surface area contributed by atoms with E-state index in [0.29, 0.717) is 0 Å². The first kappa shape index (κ1) is 17.2. The molecule has 0 amide bonds. The molecule has 0 aliphatic rings. The number of aliphatic hydroxyl groups excluding tert-OH is 1. The van der Waals surface area contributed by atoms with Crippen molar-refractivity contribution in [2.45, 2.75) is 31.3 Å². The molecule has 3 heteroatoms. The molecule has 114 valence electrons. The SMILES string of the molecule is CC[C@@H](O)[C@@](CCN(C)C)(CN(C)C)c1ccccc1. The Balaban J connectivity index is 3.18. The fourth-order valence-electron chi connectivity index (χ4n) is 2.93. The molecule has 2 atom stereocenters. The number of hydrogen-bond acceptors (Lipinski definition) is 3. The standard InChI is InChI=1S/C17H30N2O/c1-6-16(20)17(14-19(4)5,12-13-18(2)3)15-10-8-7-9-11-15/h7-11,16,20H,6,12-14H2,1-5H3/t16-,17+/m1/s1. The zero-order chi connectivity index (χ0) is 15.2. The van der Waals surface area contributed by atoms with Gasteiger partial charge in [-0.25, -0.2) is 0 Å². The molecule has 20 heavy (non-hydrogen) atoms. The largest absolute Gasteiger partial charge is 0.392 e. The molecule has 3 nitrogen and oxygen atoms in total. The summed E-state index contributed by atoms with van der Waals surface area (Å²) in [5.41, 5.74) is 1.04. The van der Waals surface area contributed by atoms with Crippen molar-refractivity contribution in [2.75, 3.05) is 41.3 Å². The van der Waals surface area contributed by atoms with E-state index in [9.17, 15) is 5.11 Å². The smallest absolute Gasteiger partial charge is 0.0647 e. The number of nitrogens with zero attached hydrogens (tertiary/aromatic N) is 2. The van der Waals surface area contributed by atoms with Crippen LogP contribution in [0.4, 0.5) is 0 Å². The highest BCUT2D eigenvalue weighted by molar-refractivity contribution is 5.28. The van der Waals surface area contributed by atoms with Crippen LogP contribution in [0.1, 0.15) is 25.3 Å². The van der Waals surface area contributed by atoms with Crippen LogP contribution >= 0.6 is 0 Å². The highest BCUT2D eigenvalue weighted by atomic mass is 16.3. The molecule has 1 aromatic rings. The van der Waals surface area contributed by atoms with E-state index in [4.69, 9.17) is 0 Å². The van der Waals surface area contributed by atoms with Crippen LogP contribution in [0.25, 0.3) is 0 Å². The van der Waals surface area contributed by atoms with Gasteiger partial charge in [-0.2, -0.15) is 0 Å². The molecule has 0 spiro atoms. The van der Waals surface area contributed by atoms with Crippen molar-refractivity contribution in [3.05, 3.63) is 35.9 Å². The molecule has 1 aromatic carbocycles. The Morgan fingerprint density at radius 1 is 1.05 bits per heavy atom. The van der Waals surface area contributed by atoms with Crippen LogP contribution in [-0.2, 0) is 5.41 Å². The zero-order valence-electron chi connectivity index (χ0n) is 13.6. The second kappa shape index (κ2) is 7.77. The van der Waals surface area contributed by atoms with E-state index in [0.717, 1.165) is 25.9 Å².